The molecule has 1 fully saturated rings. The van der Waals surface area contributed by atoms with Crippen molar-refractivity contribution in [1.29, 1.82) is 0 Å². The van der Waals surface area contributed by atoms with Gasteiger partial charge in [-0.15, -0.1) is 0 Å². The lowest BCUT2D eigenvalue weighted by atomic mass is 9.94. The Bertz CT molecular complexity index is 1050. The molecule has 254 valence electrons. The molecule has 1 aliphatic heterocycles. The standard InChI is InChI=1S/C38H60O7/c1-6-11-21-39-32-29-35(42-24-14-9-4)37(36(30-32)43-25-15-10-5)38(44-26-16-27-45-38)20-19-31-17-18-33(40-22-12-7-2)34(28-31)41-23-13-8-3/h17-18,28-30H,6-16,19-27H2,1-5H3. The molecule has 45 heavy (non-hydrogen) atoms. The molecule has 1 saturated heterocycles. The van der Waals surface area contributed by atoms with Crippen LogP contribution in [0.3, 0.4) is 0 Å². The summed E-state index contributed by atoms with van der Waals surface area (Å²) in [7, 11) is 0. The van der Waals surface area contributed by atoms with Crippen LogP contribution in [0.2, 0.25) is 0 Å². The zero-order valence-corrected chi connectivity index (χ0v) is 28.9. The largest absolute Gasteiger partial charge is 0.493 e. The highest BCUT2D eigenvalue weighted by Crippen LogP contribution is 2.48. The molecule has 0 saturated carbocycles. The fourth-order valence-electron chi connectivity index (χ4n) is 5.13. The Hall–Kier alpha value is -2.64. The van der Waals surface area contributed by atoms with Gasteiger partial charge in [-0.1, -0.05) is 72.8 Å². The second-order valence-corrected chi connectivity index (χ2v) is 11.9. The summed E-state index contributed by atoms with van der Waals surface area (Å²) in [4.78, 5) is 0. The Morgan fingerprint density at radius 2 is 1.02 bits per heavy atom. The van der Waals surface area contributed by atoms with Crippen LogP contribution in [0.4, 0.5) is 0 Å². The third-order valence-electron chi connectivity index (χ3n) is 7.92. The topological polar surface area (TPSA) is 64.6 Å². The zero-order valence-electron chi connectivity index (χ0n) is 28.9. The molecule has 3 rings (SSSR count). The Morgan fingerprint density at radius 1 is 0.556 bits per heavy atom. The molecule has 2 aromatic rings. The maximum atomic E-state index is 6.63. The molecule has 7 heteroatoms. The molecule has 0 aromatic heterocycles. The van der Waals surface area contributed by atoms with E-state index >= 15 is 0 Å². The van der Waals surface area contributed by atoms with Gasteiger partial charge in [0.1, 0.15) is 17.2 Å². The molecular formula is C38H60O7. The monoisotopic (exact) mass is 628 g/mol. The summed E-state index contributed by atoms with van der Waals surface area (Å²) in [6, 6.07) is 10.3. The lowest BCUT2D eigenvalue weighted by molar-refractivity contribution is -0.280. The van der Waals surface area contributed by atoms with Crippen LogP contribution in [0.1, 0.15) is 123 Å². The van der Waals surface area contributed by atoms with Crippen molar-refractivity contribution in [1.82, 2.24) is 0 Å². The van der Waals surface area contributed by atoms with E-state index in [4.69, 9.17) is 33.2 Å². The second-order valence-electron chi connectivity index (χ2n) is 11.9. The van der Waals surface area contributed by atoms with Crippen molar-refractivity contribution in [3.05, 3.63) is 41.5 Å². The minimum atomic E-state index is -1.01. The van der Waals surface area contributed by atoms with Crippen molar-refractivity contribution in [2.24, 2.45) is 0 Å². The van der Waals surface area contributed by atoms with E-state index in [0.29, 0.717) is 64.2 Å². The molecule has 0 N–H and O–H groups in total. The number of ether oxygens (including phenoxy) is 7. The highest BCUT2D eigenvalue weighted by atomic mass is 16.7. The first-order valence-electron chi connectivity index (χ1n) is 17.8. The summed E-state index contributed by atoms with van der Waals surface area (Å²) in [5.74, 6) is 2.78. The highest BCUT2D eigenvalue weighted by molar-refractivity contribution is 5.53. The normalized spacial score (nSPS) is 14.2. The number of hydrogen-bond acceptors (Lipinski definition) is 7. The van der Waals surface area contributed by atoms with Gasteiger partial charge < -0.3 is 33.2 Å². The number of rotatable bonds is 24. The fraction of sp³-hybridized carbons (Fsp3) is 0.684. The van der Waals surface area contributed by atoms with E-state index < -0.39 is 5.79 Å². The smallest absolute Gasteiger partial charge is 0.202 e. The van der Waals surface area contributed by atoms with Gasteiger partial charge in [0.2, 0.25) is 5.79 Å². The summed E-state index contributed by atoms with van der Waals surface area (Å²) in [5.41, 5.74) is 1.97. The molecule has 7 nitrogen and oxygen atoms in total. The van der Waals surface area contributed by atoms with Crippen LogP contribution in [0, 0.1) is 0 Å². The summed E-state index contributed by atoms with van der Waals surface area (Å²) >= 11 is 0. The molecule has 0 bridgehead atoms. The molecule has 0 aliphatic carbocycles. The molecule has 0 amide bonds. The lowest BCUT2D eigenvalue weighted by Crippen LogP contribution is -2.39. The summed E-state index contributed by atoms with van der Waals surface area (Å²) in [5, 5.41) is 0. The van der Waals surface area contributed by atoms with E-state index in [9.17, 15) is 0 Å². The van der Waals surface area contributed by atoms with Crippen LogP contribution in [0.15, 0.2) is 30.3 Å². The Balaban J connectivity index is 1.99. The Kier molecular flexibility index (Phi) is 17.4. The van der Waals surface area contributed by atoms with Gasteiger partial charge >= 0.3 is 0 Å². The van der Waals surface area contributed by atoms with Gasteiger partial charge in [0.05, 0.1) is 51.8 Å². The fourth-order valence-corrected chi connectivity index (χ4v) is 5.13. The predicted molar refractivity (Wildman–Crippen MR) is 181 cm³/mol. The van der Waals surface area contributed by atoms with Gasteiger partial charge in [0.15, 0.2) is 11.5 Å². The van der Waals surface area contributed by atoms with Crippen molar-refractivity contribution >= 4 is 0 Å². The van der Waals surface area contributed by atoms with Crippen molar-refractivity contribution < 1.29 is 33.2 Å². The average molecular weight is 629 g/mol. The third-order valence-corrected chi connectivity index (χ3v) is 7.92. The van der Waals surface area contributed by atoms with Gasteiger partial charge in [-0.3, -0.25) is 0 Å². The van der Waals surface area contributed by atoms with Crippen LogP contribution in [-0.4, -0.2) is 46.2 Å². The van der Waals surface area contributed by atoms with Crippen molar-refractivity contribution in [3.8, 4) is 28.7 Å². The summed E-state index contributed by atoms with van der Waals surface area (Å²) in [6.45, 7) is 15.3. The molecule has 0 radical (unpaired) electrons. The lowest BCUT2D eigenvalue weighted by Gasteiger charge is -2.39. The third kappa shape index (κ3) is 11.9. The summed E-state index contributed by atoms with van der Waals surface area (Å²) in [6.07, 6.45) is 12.4. The maximum absolute atomic E-state index is 6.63. The SMILES string of the molecule is CCCCOc1cc(OCCCC)c(C2(CCc3ccc(OCCCC)c(OCCCC)c3)OCCCO2)c(OCCCC)c1. The van der Waals surface area contributed by atoms with Crippen LogP contribution in [0.25, 0.3) is 0 Å². The van der Waals surface area contributed by atoms with Gasteiger partial charge in [-0.25, -0.2) is 0 Å². The minimum absolute atomic E-state index is 0.599. The Morgan fingerprint density at radius 3 is 1.53 bits per heavy atom. The molecular weight excluding hydrogens is 568 g/mol. The van der Waals surface area contributed by atoms with E-state index in [1.54, 1.807) is 0 Å². The van der Waals surface area contributed by atoms with E-state index in [-0.39, 0.29) is 0 Å². The molecule has 1 aliphatic rings. The average Bonchev–Trinajstić information content (AvgIpc) is 3.05. The van der Waals surface area contributed by atoms with Crippen molar-refractivity contribution in [2.45, 2.75) is 124 Å². The van der Waals surface area contributed by atoms with Crippen LogP contribution >= 0.6 is 0 Å². The van der Waals surface area contributed by atoms with Crippen molar-refractivity contribution in [3.63, 3.8) is 0 Å². The quantitative estimate of drug-likeness (QED) is 0.107. The molecule has 0 atom stereocenters. The van der Waals surface area contributed by atoms with Crippen LogP contribution in [0.5, 0.6) is 28.7 Å². The van der Waals surface area contributed by atoms with E-state index in [0.717, 1.165) is 105 Å². The van der Waals surface area contributed by atoms with Crippen LogP contribution in [-0.2, 0) is 21.7 Å². The number of aryl methyl sites for hydroxylation is 1. The maximum Gasteiger partial charge on any atom is 0.202 e. The van der Waals surface area contributed by atoms with Gasteiger partial charge in [-0.2, -0.15) is 0 Å². The zero-order chi connectivity index (χ0) is 32.2. The van der Waals surface area contributed by atoms with E-state index in [1.807, 2.05) is 18.2 Å². The van der Waals surface area contributed by atoms with Gasteiger partial charge in [0.25, 0.3) is 0 Å². The number of benzene rings is 2. The first kappa shape index (κ1) is 36.8. The summed E-state index contributed by atoms with van der Waals surface area (Å²) < 4.78 is 44.7. The molecule has 0 spiro atoms. The second kappa shape index (κ2) is 21.2. The molecule has 0 unspecified atom stereocenters. The van der Waals surface area contributed by atoms with Gasteiger partial charge in [0, 0.05) is 18.6 Å². The number of unbranched alkanes of at least 4 members (excludes halogenated alkanes) is 5. The van der Waals surface area contributed by atoms with Crippen molar-refractivity contribution in [2.75, 3.05) is 46.2 Å². The first-order valence-corrected chi connectivity index (χ1v) is 17.8. The Labute approximate surface area is 273 Å². The van der Waals surface area contributed by atoms with Crippen LogP contribution < -0.4 is 23.7 Å². The number of hydrogen-bond donors (Lipinski definition) is 0. The first-order chi connectivity index (χ1) is 22.1. The molecule has 1 heterocycles. The minimum Gasteiger partial charge on any atom is -0.493 e. The molecule has 2 aromatic carbocycles. The van der Waals surface area contributed by atoms with E-state index in [1.165, 1.54) is 0 Å². The highest BCUT2D eigenvalue weighted by Gasteiger charge is 2.42. The van der Waals surface area contributed by atoms with Gasteiger partial charge in [-0.05, 0) is 62.6 Å². The predicted octanol–water partition coefficient (Wildman–Crippen LogP) is 9.80. The van der Waals surface area contributed by atoms with E-state index in [2.05, 4.69) is 46.8 Å².